The quantitative estimate of drug-likeness (QED) is 0.772. The van der Waals surface area contributed by atoms with E-state index in [1.54, 1.807) is 11.8 Å². The maximum absolute atomic E-state index is 11.9. The maximum Gasteiger partial charge on any atom is 0.328 e. The maximum atomic E-state index is 11.9. The third-order valence-electron chi connectivity index (χ3n) is 2.64. The highest BCUT2D eigenvalue weighted by atomic mass is 32.2. The molecule has 1 amide bonds. The summed E-state index contributed by atoms with van der Waals surface area (Å²) in [6.45, 7) is 0. The van der Waals surface area contributed by atoms with Crippen LogP contribution in [0.15, 0.2) is 30.3 Å². The fourth-order valence-electron chi connectivity index (χ4n) is 1.65. The van der Waals surface area contributed by atoms with Gasteiger partial charge in [0.2, 0.25) is 5.91 Å². The van der Waals surface area contributed by atoms with E-state index < -0.39 is 12.0 Å². The lowest BCUT2D eigenvalue weighted by atomic mass is 10.1. The topological polar surface area (TPSA) is 55.4 Å². The number of thioether (sulfide) groups is 1. The van der Waals surface area contributed by atoms with Gasteiger partial charge in [0.25, 0.3) is 0 Å². The number of rotatable bonds is 7. The van der Waals surface area contributed by atoms with Crippen molar-refractivity contribution in [1.82, 2.24) is 5.32 Å². The smallest absolute Gasteiger partial charge is 0.328 e. The molecule has 0 radical (unpaired) electrons. The summed E-state index contributed by atoms with van der Waals surface area (Å²) in [6, 6.07) is 8.87. The summed E-state index contributed by atoms with van der Waals surface area (Å²) in [6.07, 6.45) is 2.81. The summed E-state index contributed by atoms with van der Waals surface area (Å²) in [4.78, 5) is 23.4. The molecule has 0 saturated carbocycles. The second kappa shape index (κ2) is 8.58. The summed E-state index contributed by atoms with van der Waals surface area (Å²) in [7, 11) is 1.33. The van der Waals surface area contributed by atoms with Crippen molar-refractivity contribution in [3.8, 4) is 0 Å². The minimum Gasteiger partial charge on any atom is -0.467 e. The molecule has 104 valence electrons. The van der Waals surface area contributed by atoms with Crippen molar-refractivity contribution in [2.45, 2.75) is 18.9 Å². The molecule has 19 heavy (non-hydrogen) atoms. The van der Waals surface area contributed by atoms with Gasteiger partial charge in [0, 0.05) is 0 Å². The van der Waals surface area contributed by atoms with Gasteiger partial charge in [0.15, 0.2) is 0 Å². The summed E-state index contributed by atoms with van der Waals surface area (Å²) >= 11 is 1.63. The molecular weight excluding hydrogens is 262 g/mol. The Labute approximate surface area is 117 Å². The zero-order valence-corrected chi connectivity index (χ0v) is 12.0. The number of carbonyl (C=O) groups is 2. The molecule has 0 spiro atoms. The first-order valence-electron chi connectivity index (χ1n) is 6.07. The minimum absolute atomic E-state index is 0.164. The van der Waals surface area contributed by atoms with Crippen LogP contribution in [0.1, 0.15) is 12.0 Å². The summed E-state index contributed by atoms with van der Waals surface area (Å²) < 4.78 is 4.70. The van der Waals surface area contributed by atoms with Crippen molar-refractivity contribution in [3.63, 3.8) is 0 Å². The molecular formula is C14H19NO3S. The van der Waals surface area contributed by atoms with E-state index >= 15 is 0 Å². The van der Waals surface area contributed by atoms with Crippen molar-refractivity contribution < 1.29 is 14.3 Å². The van der Waals surface area contributed by atoms with Gasteiger partial charge >= 0.3 is 5.97 Å². The summed E-state index contributed by atoms with van der Waals surface area (Å²) in [5.74, 6) is 0.240. The molecule has 0 saturated heterocycles. The van der Waals surface area contributed by atoms with Crippen molar-refractivity contribution in [3.05, 3.63) is 35.9 Å². The van der Waals surface area contributed by atoms with Crippen molar-refractivity contribution >= 4 is 23.6 Å². The van der Waals surface area contributed by atoms with E-state index in [9.17, 15) is 9.59 Å². The third kappa shape index (κ3) is 5.79. The Bertz CT molecular complexity index is 408. The second-order valence-corrected chi connectivity index (χ2v) is 5.07. The molecule has 1 aromatic carbocycles. The largest absolute Gasteiger partial charge is 0.467 e. The van der Waals surface area contributed by atoms with E-state index in [0.29, 0.717) is 6.42 Å². The summed E-state index contributed by atoms with van der Waals surface area (Å²) in [5.41, 5.74) is 0.925. The van der Waals surface area contributed by atoms with Gasteiger partial charge in [-0.15, -0.1) is 0 Å². The number of hydrogen-bond acceptors (Lipinski definition) is 4. The number of benzene rings is 1. The van der Waals surface area contributed by atoms with Gasteiger partial charge in [0.05, 0.1) is 13.5 Å². The van der Waals surface area contributed by atoms with E-state index in [1.807, 2.05) is 36.6 Å². The van der Waals surface area contributed by atoms with Crippen LogP contribution in [-0.2, 0) is 20.7 Å². The lowest BCUT2D eigenvalue weighted by Gasteiger charge is -2.16. The average Bonchev–Trinajstić information content (AvgIpc) is 2.43. The van der Waals surface area contributed by atoms with Gasteiger partial charge in [-0.05, 0) is 24.0 Å². The van der Waals surface area contributed by atoms with Crippen LogP contribution in [0, 0.1) is 0 Å². The fourth-order valence-corrected chi connectivity index (χ4v) is 2.12. The fraction of sp³-hybridized carbons (Fsp3) is 0.429. The first-order valence-corrected chi connectivity index (χ1v) is 7.46. The van der Waals surface area contributed by atoms with Crippen molar-refractivity contribution in [2.75, 3.05) is 19.1 Å². The third-order valence-corrected chi connectivity index (χ3v) is 3.28. The predicted octanol–water partition coefficient (Wildman–Crippen LogP) is 1.64. The highest BCUT2D eigenvalue weighted by Gasteiger charge is 2.20. The number of ether oxygens (including phenoxy) is 1. The SMILES string of the molecule is COC(=O)[C@H](CCSC)NC(=O)Cc1ccccc1. The lowest BCUT2D eigenvalue weighted by molar-refractivity contribution is -0.145. The highest BCUT2D eigenvalue weighted by molar-refractivity contribution is 7.98. The summed E-state index contributed by atoms with van der Waals surface area (Å²) in [5, 5.41) is 2.72. The second-order valence-electron chi connectivity index (χ2n) is 4.09. The Hall–Kier alpha value is -1.49. The highest BCUT2D eigenvalue weighted by Crippen LogP contribution is 2.04. The van der Waals surface area contributed by atoms with Crippen LogP contribution in [-0.4, -0.2) is 37.0 Å². The zero-order chi connectivity index (χ0) is 14.1. The molecule has 4 nitrogen and oxygen atoms in total. The minimum atomic E-state index is -0.561. The van der Waals surface area contributed by atoms with E-state index in [0.717, 1.165) is 11.3 Å². The lowest BCUT2D eigenvalue weighted by Crippen LogP contribution is -2.42. The van der Waals surface area contributed by atoms with Gasteiger partial charge in [-0.1, -0.05) is 30.3 Å². The van der Waals surface area contributed by atoms with Crippen LogP contribution in [0.25, 0.3) is 0 Å². The van der Waals surface area contributed by atoms with Gasteiger partial charge in [0.1, 0.15) is 6.04 Å². The van der Waals surface area contributed by atoms with E-state index in [4.69, 9.17) is 4.74 Å². The standard InChI is InChI=1S/C14H19NO3S/c1-18-14(17)12(8-9-19-2)15-13(16)10-11-6-4-3-5-7-11/h3-7,12H,8-10H2,1-2H3,(H,15,16)/t12-/m0/s1. The molecule has 0 fully saturated rings. The first-order chi connectivity index (χ1) is 9.17. The monoisotopic (exact) mass is 281 g/mol. The Balaban J connectivity index is 2.53. The van der Waals surface area contributed by atoms with Crippen molar-refractivity contribution in [1.29, 1.82) is 0 Å². The molecule has 0 aromatic heterocycles. The molecule has 1 aromatic rings. The molecule has 0 aliphatic rings. The molecule has 5 heteroatoms. The molecule has 0 heterocycles. The Morgan fingerprint density at radius 2 is 2.00 bits per heavy atom. The van der Waals surface area contributed by atoms with E-state index in [2.05, 4.69) is 5.32 Å². The number of carbonyl (C=O) groups excluding carboxylic acids is 2. The first kappa shape index (κ1) is 15.6. The van der Waals surface area contributed by atoms with Gasteiger partial charge in [-0.3, -0.25) is 4.79 Å². The zero-order valence-electron chi connectivity index (χ0n) is 11.2. The van der Waals surface area contributed by atoms with E-state index in [-0.39, 0.29) is 12.3 Å². The predicted molar refractivity (Wildman–Crippen MR) is 77.1 cm³/mol. The average molecular weight is 281 g/mol. The molecule has 1 atom stereocenters. The van der Waals surface area contributed by atoms with Crippen LogP contribution in [0.5, 0.6) is 0 Å². The van der Waals surface area contributed by atoms with Crippen LogP contribution in [0.4, 0.5) is 0 Å². The number of nitrogens with one attached hydrogen (secondary N) is 1. The Kier molecular flexibility index (Phi) is 7.03. The molecule has 0 bridgehead atoms. The van der Waals surface area contributed by atoms with Gasteiger partial charge in [-0.2, -0.15) is 11.8 Å². The number of methoxy groups -OCH3 is 1. The van der Waals surface area contributed by atoms with Crippen LogP contribution < -0.4 is 5.32 Å². The molecule has 0 aliphatic heterocycles. The normalized spacial score (nSPS) is 11.7. The molecule has 0 aliphatic carbocycles. The molecule has 1 N–H and O–H groups in total. The molecule has 0 unspecified atom stereocenters. The number of hydrogen-bond donors (Lipinski definition) is 1. The Morgan fingerprint density at radius 3 is 2.58 bits per heavy atom. The van der Waals surface area contributed by atoms with Crippen LogP contribution >= 0.6 is 11.8 Å². The van der Waals surface area contributed by atoms with Crippen LogP contribution in [0.2, 0.25) is 0 Å². The van der Waals surface area contributed by atoms with Crippen LogP contribution in [0.3, 0.4) is 0 Å². The molecule has 1 rings (SSSR count). The number of esters is 1. The van der Waals surface area contributed by atoms with Gasteiger partial charge in [-0.25, -0.2) is 4.79 Å². The van der Waals surface area contributed by atoms with Crippen molar-refractivity contribution in [2.24, 2.45) is 0 Å². The Morgan fingerprint density at radius 1 is 1.32 bits per heavy atom. The van der Waals surface area contributed by atoms with Gasteiger partial charge < -0.3 is 10.1 Å². The van der Waals surface area contributed by atoms with E-state index in [1.165, 1.54) is 7.11 Å². The number of amides is 1.